The minimum atomic E-state index is 0.707. The van der Waals surface area contributed by atoms with Crippen LogP contribution in [0.2, 0.25) is 0 Å². The monoisotopic (exact) mass is 219 g/mol. The van der Waals surface area contributed by atoms with Crippen LogP contribution in [-0.4, -0.2) is 19.8 Å². The summed E-state index contributed by atoms with van der Waals surface area (Å²) < 4.78 is 5.46. The maximum Gasteiger partial charge on any atom is 0.0506 e. The van der Waals surface area contributed by atoms with Gasteiger partial charge in [-0.1, -0.05) is 29.8 Å². The molecule has 1 heterocycles. The van der Waals surface area contributed by atoms with E-state index < -0.39 is 0 Å². The highest BCUT2D eigenvalue weighted by molar-refractivity contribution is 5.21. The Labute approximate surface area is 98.0 Å². The Morgan fingerprint density at radius 3 is 3.12 bits per heavy atom. The largest absolute Gasteiger partial charge is 0.381 e. The van der Waals surface area contributed by atoms with Crippen LogP contribution < -0.4 is 5.32 Å². The van der Waals surface area contributed by atoms with Gasteiger partial charge in [0.25, 0.3) is 0 Å². The third-order valence-electron chi connectivity index (χ3n) is 3.10. The second kappa shape index (κ2) is 6.02. The third kappa shape index (κ3) is 3.62. The van der Waals surface area contributed by atoms with Crippen LogP contribution in [0, 0.1) is 12.8 Å². The third-order valence-corrected chi connectivity index (χ3v) is 3.10. The van der Waals surface area contributed by atoms with Gasteiger partial charge >= 0.3 is 0 Å². The average molecular weight is 219 g/mol. The Bertz CT molecular complexity index is 318. The van der Waals surface area contributed by atoms with Crippen molar-refractivity contribution in [2.45, 2.75) is 26.3 Å². The molecule has 1 aliphatic rings. The van der Waals surface area contributed by atoms with Crippen molar-refractivity contribution in [3.8, 4) is 0 Å². The van der Waals surface area contributed by atoms with E-state index in [2.05, 4.69) is 36.5 Å². The van der Waals surface area contributed by atoms with Crippen LogP contribution in [0.15, 0.2) is 24.3 Å². The normalized spacial score (nSPS) is 20.9. The van der Waals surface area contributed by atoms with Gasteiger partial charge < -0.3 is 10.1 Å². The molecule has 0 bridgehead atoms. The van der Waals surface area contributed by atoms with Gasteiger partial charge in [0.1, 0.15) is 0 Å². The van der Waals surface area contributed by atoms with E-state index in [9.17, 15) is 0 Å². The minimum absolute atomic E-state index is 0.707. The predicted molar refractivity (Wildman–Crippen MR) is 66.4 cm³/mol. The Balaban J connectivity index is 1.71. The number of hydrogen-bond donors (Lipinski definition) is 1. The van der Waals surface area contributed by atoms with Gasteiger partial charge in [-0.05, 0) is 31.2 Å². The Hall–Kier alpha value is -0.860. The van der Waals surface area contributed by atoms with Gasteiger partial charge in [0.05, 0.1) is 6.61 Å². The predicted octanol–water partition coefficient (Wildman–Crippen LogP) is 2.51. The number of rotatable bonds is 4. The van der Waals surface area contributed by atoms with E-state index in [1.807, 2.05) is 0 Å². The van der Waals surface area contributed by atoms with Crippen LogP contribution in [0.5, 0.6) is 0 Å². The number of ether oxygens (including phenoxy) is 1. The van der Waals surface area contributed by atoms with Crippen molar-refractivity contribution >= 4 is 0 Å². The van der Waals surface area contributed by atoms with E-state index in [4.69, 9.17) is 4.74 Å². The van der Waals surface area contributed by atoms with Crippen molar-refractivity contribution in [3.05, 3.63) is 35.4 Å². The molecule has 1 saturated heterocycles. The zero-order valence-electron chi connectivity index (χ0n) is 10.0. The Morgan fingerprint density at radius 1 is 1.44 bits per heavy atom. The molecule has 1 aromatic rings. The van der Waals surface area contributed by atoms with Crippen LogP contribution in [-0.2, 0) is 11.3 Å². The van der Waals surface area contributed by atoms with E-state index in [0.29, 0.717) is 5.92 Å². The van der Waals surface area contributed by atoms with Gasteiger partial charge in [-0.15, -0.1) is 0 Å². The van der Waals surface area contributed by atoms with Crippen LogP contribution in [0.1, 0.15) is 24.0 Å². The fourth-order valence-corrected chi connectivity index (χ4v) is 2.21. The first-order valence-electron chi connectivity index (χ1n) is 6.18. The molecule has 0 aliphatic carbocycles. The van der Waals surface area contributed by atoms with E-state index in [-0.39, 0.29) is 0 Å². The van der Waals surface area contributed by atoms with Crippen molar-refractivity contribution in [1.29, 1.82) is 0 Å². The molecule has 1 N–H and O–H groups in total. The summed E-state index contributed by atoms with van der Waals surface area (Å²) in [7, 11) is 0. The van der Waals surface area contributed by atoms with Gasteiger partial charge in [0.2, 0.25) is 0 Å². The van der Waals surface area contributed by atoms with Crippen molar-refractivity contribution in [2.24, 2.45) is 5.92 Å². The number of nitrogens with one attached hydrogen (secondary N) is 1. The minimum Gasteiger partial charge on any atom is -0.381 e. The second-order valence-electron chi connectivity index (χ2n) is 4.70. The maximum absolute atomic E-state index is 5.46. The summed E-state index contributed by atoms with van der Waals surface area (Å²) in [4.78, 5) is 0. The Kier molecular flexibility index (Phi) is 4.37. The van der Waals surface area contributed by atoms with E-state index >= 15 is 0 Å². The van der Waals surface area contributed by atoms with Crippen molar-refractivity contribution in [3.63, 3.8) is 0 Å². The highest BCUT2D eigenvalue weighted by atomic mass is 16.5. The molecule has 2 heteroatoms. The fraction of sp³-hybridized carbons (Fsp3) is 0.571. The SMILES string of the molecule is Cc1cccc(CNCC2CCCOC2)c1. The standard InChI is InChI=1S/C14H21NO/c1-12-4-2-5-13(8-12)9-15-10-14-6-3-7-16-11-14/h2,4-5,8,14-15H,3,6-7,9-11H2,1H3. The molecular weight excluding hydrogens is 198 g/mol. The van der Waals surface area contributed by atoms with E-state index in [1.54, 1.807) is 0 Å². The van der Waals surface area contributed by atoms with Gasteiger partial charge in [-0.2, -0.15) is 0 Å². The highest BCUT2D eigenvalue weighted by Crippen LogP contribution is 2.12. The highest BCUT2D eigenvalue weighted by Gasteiger charge is 2.12. The molecule has 1 aromatic carbocycles. The maximum atomic E-state index is 5.46. The summed E-state index contributed by atoms with van der Waals surface area (Å²) in [5, 5.41) is 3.52. The fourth-order valence-electron chi connectivity index (χ4n) is 2.21. The van der Waals surface area contributed by atoms with Gasteiger partial charge in [-0.25, -0.2) is 0 Å². The quantitative estimate of drug-likeness (QED) is 0.840. The first-order valence-corrected chi connectivity index (χ1v) is 6.18. The molecule has 88 valence electrons. The molecule has 0 spiro atoms. The van der Waals surface area contributed by atoms with Gasteiger partial charge in [0, 0.05) is 19.7 Å². The summed E-state index contributed by atoms with van der Waals surface area (Å²) in [6, 6.07) is 8.68. The van der Waals surface area contributed by atoms with Crippen LogP contribution in [0.3, 0.4) is 0 Å². The summed E-state index contributed by atoms with van der Waals surface area (Å²) in [6.45, 7) is 6.07. The number of hydrogen-bond acceptors (Lipinski definition) is 2. The smallest absolute Gasteiger partial charge is 0.0506 e. The lowest BCUT2D eigenvalue weighted by Gasteiger charge is -2.22. The summed E-state index contributed by atoms with van der Waals surface area (Å²) in [6.07, 6.45) is 2.53. The zero-order chi connectivity index (χ0) is 11.2. The molecule has 0 aromatic heterocycles. The molecule has 1 unspecified atom stereocenters. The summed E-state index contributed by atoms with van der Waals surface area (Å²) in [5.41, 5.74) is 2.71. The van der Waals surface area contributed by atoms with Crippen LogP contribution >= 0.6 is 0 Å². The second-order valence-corrected chi connectivity index (χ2v) is 4.70. The molecule has 0 amide bonds. The van der Waals surface area contributed by atoms with Gasteiger partial charge in [-0.3, -0.25) is 0 Å². The lowest BCUT2D eigenvalue weighted by atomic mass is 10.0. The van der Waals surface area contributed by atoms with E-state index in [0.717, 1.165) is 26.3 Å². The molecule has 16 heavy (non-hydrogen) atoms. The van der Waals surface area contributed by atoms with Crippen molar-refractivity contribution in [1.82, 2.24) is 5.32 Å². The van der Waals surface area contributed by atoms with Crippen LogP contribution in [0.4, 0.5) is 0 Å². The molecule has 1 aliphatic heterocycles. The number of benzene rings is 1. The van der Waals surface area contributed by atoms with Crippen molar-refractivity contribution < 1.29 is 4.74 Å². The topological polar surface area (TPSA) is 21.3 Å². The molecule has 0 saturated carbocycles. The summed E-state index contributed by atoms with van der Waals surface area (Å²) in [5.74, 6) is 0.707. The molecular formula is C14H21NO. The molecule has 2 nitrogen and oxygen atoms in total. The Morgan fingerprint density at radius 2 is 2.38 bits per heavy atom. The molecule has 0 radical (unpaired) electrons. The number of aryl methyl sites for hydroxylation is 1. The molecule has 1 fully saturated rings. The zero-order valence-corrected chi connectivity index (χ0v) is 10.0. The average Bonchev–Trinajstić information content (AvgIpc) is 2.30. The summed E-state index contributed by atoms with van der Waals surface area (Å²) >= 11 is 0. The first kappa shape index (κ1) is 11.6. The van der Waals surface area contributed by atoms with Crippen LogP contribution in [0.25, 0.3) is 0 Å². The molecule has 2 rings (SSSR count). The lowest BCUT2D eigenvalue weighted by molar-refractivity contribution is 0.0547. The van der Waals surface area contributed by atoms with E-state index in [1.165, 1.54) is 24.0 Å². The van der Waals surface area contributed by atoms with Gasteiger partial charge in [0.15, 0.2) is 0 Å². The first-order chi connectivity index (χ1) is 7.84. The van der Waals surface area contributed by atoms with Crippen molar-refractivity contribution in [2.75, 3.05) is 19.8 Å². The lowest BCUT2D eigenvalue weighted by Crippen LogP contribution is -2.28. The molecule has 1 atom stereocenters.